The highest BCUT2D eigenvalue weighted by Gasteiger charge is 2.17. The zero-order chi connectivity index (χ0) is 9.52. The van der Waals surface area contributed by atoms with Gasteiger partial charge in [0.15, 0.2) is 0 Å². The SMILES string of the molecule is CCSCCC1CCCCC(Br)C1. The molecule has 0 bridgehead atoms. The van der Waals surface area contributed by atoms with Gasteiger partial charge in [-0.25, -0.2) is 0 Å². The third-order valence-corrected chi connectivity index (χ3v) is 4.61. The monoisotopic (exact) mass is 264 g/mol. The molecule has 0 N–H and O–H groups in total. The molecular weight excluding hydrogens is 244 g/mol. The minimum atomic E-state index is 0.812. The Hall–Kier alpha value is 0.830. The molecule has 2 heteroatoms. The van der Waals surface area contributed by atoms with Crippen molar-refractivity contribution in [2.24, 2.45) is 5.92 Å². The average molecular weight is 265 g/mol. The normalized spacial score (nSPS) is 30.0. The summed E-state index contributed by atoms with van der Waals surface area (Å²) in [6, 6.07) is 0. The largest absolute Gasteiger partial charge is 0.162 e. The summed E-state index contributed by atoms with van der Waals surface area (Å²) in [5.41, 5.74) is 0. The summed E-state index contributed by atoms with van der Waals surface area (Å²) in [6.07, 6.45) is 8.64. The molecule has 1 aliphatic rings. The minimum Gasteiger partial charge on any atom is -0.162 e. The highest BCUT2D eigenvalue weighted by Crippen LogP contribution is 2.30. The van der Waals surface area contributed by atoms with Crippen molar-refractivity contribution in [1.29, 1.82) is 0 Å². The van der Waals surface area contributed by atoms with Gasteiger partial charge >= 0.3 is 0 Å². The Morgan fingerprint density at radius 2 is 2.08 bits per heavy atom. The number of hydrogen-bond donors (Lipinski definition) is 0. The van der Waals surface area contributed by atoms with Gasteiger partial charge in [-0.3, -0.25) is 0 Å². The first-order valence-corrected chi connectivity index (χ1v) is 7.61. The van der Waals surface area contributed by atoms with Crippen molar-refractivity contribution in [1.82, 2.24) is 0 Å². The van der Waals surface area contributed by atoms with E-state index < -0.39 is 0 Å². The molecule has 0 amide bonds. The van der Waals surface area contributed by atoms with E-state index in [1.165, 1.54) is 50.0 Å². The molecule has 1 aliphatic carbocycles. The van der Waals surface area contributed by atoms with Crippen molar-refractivity contribution < 1.29 is 0 Å². The Morgan fingerprint density at radius 3 is 2.85 bits per heavy atom. The van der Waals surface area contributed by atoms with Crippen LogP contribution in [0.25, 0.3) is 0 Å². The maximum absolute atomic E-state index is 3.78. The minimum absolute atomic E-state index is 0.812. The molecule has 0 radical (unpaired) electrons. The zero-order valence-electron chi connectivity index (χ0n) is 8.60. The van der Waals surface area contributed by atoms with Crippen LogP contribution >= 0.6 is 27.7 Å². The quantitative estimate of drug-likeness (QED) is 0.410. The second kappa shape index (κ2) is 7.17. The Labute approximate surface area is 95.4 Å². The number of halogens is 1. The predicted octanol–water partition coefficient (Wildman–Crippen LogP) is 4.47. The van der Waals surface area contributed by atoms with Crippen LogP contribution in [0.15, 0.2) is 0 Å². The Kier molecular flexibility index (Phi) is 6.56. The number of hydrogen-bond acceptors (Lipinski definition) is 1. The third kappa shape index (κ3) is 5.31. The van der Waals surface area contributed by atoms with Crippen LogP contribution in [0.2, 0.25) is 0 Å². The molecule has 1 fully saturated rings. The van der Waals surface area contributed by atoms with Crippen molar-refractivity contribution in [2.75, 3.05) is 11.5 Å². The first-order chi connectivity index (χ1) is 6.33. The van der Waals surface area contributed by atoms with Gasteiger partial charge in [0.1, 0.15) is 0 Å². The molecule has 2 atom stereocenters. The molecule has 0 aromatic heterocycles. The van der Waals surface area contributed by atoms with Crippen molar-refractivity contribution in [3.63, 3.8) is 0 Å². The lowest BCUT2D eigenvalue weighted by molar-refractivity contribution is 0.455. The van der Waals surface area contributed by atoms with Crippen LogP contribution in [0.5, 0.6) is 0 Å². The van der Waals surface area contributed by atoms with E-state index in [0.717, 1.165) is 10.7 Å². The van der Waals surface area contributed by atoms with Gasteiger partial charge in [0, 0.05) is 4.83 Å². The molecular formula is C11H21BrS. The lowest BCUT2D eigenvalue weighted by atomic mass is 9.98. The molecule has 1 rings (SSSR count). The Morgan fingerprint density at radius 1 is 1.31 bits per heavy atom. The first kappa shape index (κ1) is 11.9. The van der Waals surface area contributed by atoms with E-state index in [4.69, 9.17) is 0 Å². The van der Waals surface area contributed by atoms with Gasteiger partial charge in [-0.15, -0.1) is 0 Å². The summed E-state index contributed by atoms with van der Waals surface area (Å²) in [5, 5.41) is 0. The second-order valence-electron chi connectivity index (χ2n) is 3.97. The fraction of sp³-hybridized carbons (Fsp3) is 1.00. The van der Waals surface area contributed by atoms with Crippen molar-refractivity contribution >= 4 is 27.7 Å². The number of rotatable bonds is 4. The number of thioether (sulfide) groups is 1. The highest BCUT2D eigenvalue weighted by atomic mass is 79.9. The molecule has 0 aliphatic heterocycles. The summed E-state index contributed by atoms with van der Waals surface area (Å²) in [6.45, 7) is 2.26. The molecule has 0 spiro atoms. The van der Waals surface area contributed by atoms with Crippen LogP contribution in [-0.4, -0.2) is 16.3 Å². The predicted molar refractivity (Wildman–Crippen MR) is 66.9 cm³/mol. The topological polar surface area (TPSA) is 0 Å². The van der Waals surface area contributed by atoms with E-state index in [2.05, 4.69) is 34.6 Å². The van der Waals surface area contributed by atoms with Crippen molar-refractivity contribution in [3.8, 4) is 0 Å². The van der Waals surface area contributed by atoms with Crippen molar-refractivity contribution in [2.45, 2.75) is 50.3 Å². The van der Waals surface area contributed by atoms with Gasteiger partial charge in [0.05, 0.1) is 0 Å². The van der Waals surface area contributed by atoms with Crippen molar-refractivity contribution in [3.05, 3.63) is 0 Å². The standard InChI is InChI=1S/C11H21BrS/c1-2-13-8-7-10-5-3-4-6-11(12)9-10/h10-11H,2-9H2,1H3. The molecule has 13 heavy (non-hydrogen) atoms. The van der Waals surface area contributed by atoms with Crippen LogP contribution in [-0.2, 0) is 0 Å². The van der Waals surface area contributed by atoms with Gasteiger partial charge in [-0.1, -0.05) is 42.1 Å². The Bertz CT molecular complexity index is 127. The molecule has 0 aromatic rings. The molecule has 2 unspecified atom stereocenters. The lowest BCUT2D eigenvalue weighted by Gasteiger charge is -2.15. The zero-order valence-corrected chi connectivity index (χ0v) is 11.0. The molecule has 0 nitrogen and oxygen atoms in total. The molecule has 0 saturated heterocycles. The first-order valence-electron chi connectivity index (χ1n) is 5.54. The Balaban J connectivity index is 2.15. The smallest absolute Gasteiger partial charge is 0.0148 e. The summed E-state index contributed by atoms with van der Waals surface area (Å²) in [7, 11) is 0. The van der Waals surface area contributed by atoms with E-state index in [1.54, 1.807) is 0 Å². The van der Waals surface area contributed by atoms with E-state index >= 15 is 0 Å². The summed E-state index contributed by atoms with van der Waals surface area (Å²) < 4.78 is 0. The van der Waals surface area contributed by atoms with Crippen LogP contribution in [0, 0.1) is 5.92 Å². The summed E-state index contributed by atoms with van der Waals surface area (Å²) >= 11 is 5.88. The van der Waals surface area contributed by atoms with Crippen LogP contribution in [0.4, 0.5) is 0 Å². The average Bonchev–Trinajstić information content (AvgIpc) is 2.31. The van der Waals surface area contributed by atoms with E-state index in [-0.39, 0.29) is 0 Å². The lowest BCUT2D eigenvalue weighted by Crippen LogP contribution is -2.06. The van der Waals surface area contributed by atoms with Crippen LogP contribution < -0.4 is 0 Å². The molecule has 78 valence electrons. The fourth-order valence-corrected chi connectivity index (χ4v) is 3.69. The maximum Gasteiger partial charge on any atom is 0.0148 e. The summed E-state index contributed by atoms with van der Waals surface area (Å²) in [4.78, 5) is 0.812. The molecule has 0 aromatic carbocycles. The van der Waals surface area contributed by atoms with E-state index in [0.29, 0.717) is 0 Å². The van der Waals surface area contributed by atoms with Crippen LogP contribution in [0.1, 0.15) is 45.4 Å². The summed E-state index contributed by atoms with van der Waals surface area (Å²) in [5.74, 6) is 3.66. The van der Waals surface area contributed by atoms with Gasteiger partial charge in [0.2, 0.25) is 0 Å². The van der Waals surface area contributed by atoms with Gasteiger partial charge in [-0.2, -0.15) is 11.8 Å². The molecule has 0 heterocycles. The third-order valence-electron chi connectivity index (χ3n) is 2.84. The van der Waals surface area contributed by atoms with E-state index in [9.17, 15) is 0 Å². The van der Waals surface area contributed by atoms with Gasteiger partial charge in [0.25, 0.3) is 0 Å². The van der Waals surface area contributed by atoms with E-state index in [1.807, 2.05) is 0 Å². The fourth-order valence-electron chi connectivity index (χ4n) is 2.05. The van der Waals surface area contributed by atoms with Gasteiger partial charge in [-0.05, 0) is 36.7 Å². The molecule has 1 saturated carbocycles. The second-order valence-corrected chi connectivity index (χ2v) is 6.66. The highest BCUT2D eigenvalue weighted by molar-refractivity contribution is 9.09. The maximum atomic E-state index is 3.78. The van der Waals surface area contributed by atoms with Crippen LogP contribution in [0.3, 0.4) is 0 Å². The number of alkyl halides is 1. The van der Waals surface area contributed by atoms with Gasteiger partial charge < -0.3 is 0 Å².